The molecule has 0 fully saturated rings. The lowest BCUT2D eigenvalue weighted by Crippen LogP contribution is -2.38. The Morgan fingerprint density at radius 3 is 2.00 bits per heavy atom. The van der Waals surface area contributed by atoms with Crippen LogP contribution in [0.2, 0.25) is 0 Å². The number of carbonyl (C=O) groups excluding carboxylic acids is 2. The third-order valence-corrected chi connectivity index (χ3v) is 3.73. The molecule has 0 aromatic rings. The summed E-state index contributed by atoms with van der Waals surface area (Å²) in [6.07, 6.45) is -0.677. The molecule has 120 valence electrons. The van der Waals surface area contributed by atoms with Gasteiger partial charge in [0.25, 0.3) is 0 Å². The fourth-order valence-corrected chi connectivity index (χ4v) is 2.14. The molecule has 0 heterocycles. The third-order valence-electron chi connectivity index (χ3n) is 3.73. The third kappa shape index (κ3) is 5.46. The van der Waals surface area contributed by atoms with E-state index in [1.165, 1.54) is 0 Å². The fourth-order valence-electron chi connectivity index (χ4n) is 2.14. The molecule has 0 saturated carbocycles. The van der Waals surface area contributed by atoms with Crippen molar-refractivity contribution in [1.82, 2.24) is 0 Å². The van der Waals surface area contributed by atoms with Gasteiger partial charge in [-0.3, -0.25) is 9.59 Å². The van der Waals surface area contributed by atoms with Crippen molar-refractivity contribution < 1.29 is 19.4 Å². The van der Waals surface area contributed by atoms with E-state index in [2.05, 4.69) is 13.2 Å². The van der Waals surface area contributed by atoms with E-state index < -0.39 is 24.0 Å². The number of ketones is 1. The van der Waals surface area contributed by atoms with Gasteiger partial charge in [0, 0.05) is 12.3 Å². The van der Waals surface area contributed by atoms with Crippen LogP contribution in [0.15, 0.2) is 24.3 Å². The van der Waals surface area contributed by atoms with Crippen LogP contribution in [0.4, 0.5) is 0 Å². The van der Waals surface area contributed by atoms with Gasteiger partial charge in [-0.1, -0.05) is 40.9 Å². The van der Waals surface area contributed by atoms with Crippen LogP contribution in [0, 0.1) is 11.8 Å². The highest BCUT2D eigenvalue weighted by Crippen LogP contribution is 2.24. The van der Waals surface area contributed by atoms with E-state index in [-0.39, 0.29) is 18.2 Å². The summed E-state index contributed by atoms with van der Waals surface area (Å²) in [4.78, 5) is 24.0. The summed E-state index contributed by atoms with van der Waals surface area (Å²) in [7, 11) is 0. The lowest BCUT2D eigenvalue weighted by atomic mass is 9.83. The van der Waals surface area contributed by atoms with Crippen LogP contribution in [0.5, 0.6) is 0 Å². The van der Waals surface area contributed by atoms with Gasteiger partial charge in [-0.2, -0.15) is 0 Å². The Balaban J connectivity index is 5.04. The standard InChI is InChI=1S/C17H28O4/c1-8-11(5)15(19)12(6)16(20)13(7)17(10(3)4)21-14(18)9-2/h12-13,15,17,19H,3,5,8-9H2,1-2,4,6-7H3/t12-,13-,15+,17-/m0/s1. The van der Waals surface area contributed by atoms with Crippen molar-refractivity contribution in [2.24, 2.45) is 11.8 Å². The van der Waals surface area contributed by atoms with E-state index in [4.69, 9.17) is 4.74 Å². The molecule has 0 aromatic heterocycles. The SMILES string of the molecule is C=C(CC)[C@@H](O)[C@H](C)C(=O)[C@H](C)[C@@H](OC(=O)CC)C(=C)C. The largest absolute Gasteiger partial charge is 0.457 e. The Hall–Kier alpha value is -1.42. The molecule has 0 bridgehead atoms. The summed E-state index contributed by atoms with van der Waals surface area (Å²) in [6, 6.07) is 0. The number of hydrogen-bond acceptors (Lipinski definition) is 4. The number of esters is 1. The van der Waals surface area contributed by atoms with Crippen molar-refractivity contribution in [3.63, 3.8) is 0 Å². The molecule has 0 spiro atoms. The van der Waals surface area contributed by atoms with Gasteiger partial charge >= 0.3 is 5.97 Å². The molecule has 1 N–H and O–H groups in total. The lowest BCUT2D eigenvalue weighted by Gasteiger charge is -2.28. The first kappa shape index (κ1) is 19.6. The zero-order chi connectivity index (χ0) is 16.7. The maximum Gasteiger partial charge on any atom is 0.306 e. The maximum atomic E-state index is 12.5. The molecule has 0 saturated heterocycles. The van der Waals surface area contributed by atoms with E-state index >= 15 is 0 Å². The van der Waals surface area contributed by atoms with Gasteiger partial charge < -0.3 is 9.84 Å². The molecular weight excluding hydrogens is 268 g/mol. The zero-order valence-corrected chi connectivity index (χ0v) is 13.8. The highest BCUT2D eigenvalue weighted by molar-refractivity contribution is 5.85. The normalized spacial score (nSPS) is 16.5. The van der Waals surface area contributed by atoms with Gasteiger partial charge in [0.15, 0.2) is 0 Å². The molecule has 4 heteroatoms. The van der Waals surface area contributed by atoms with Crippen molar-refractivity contribution in [2.75, 3.05) is 0 Å². The van der Waals surface area contributed by atoms with Gasteiger partial charge in [0.05, 0.1) is 12.0 Å². The molecule has 21 heavy (non-hydrogen) atoms. The van der Waals surface area contributed by atoms with Gasteiger partial charge in [0.2, 0.25) is 0 Å². The van der Waals surface area contributed by atoms with Crippen LogP contribution in [-0.4, -0.2) is 29.1 Å². The summed E-state index contributed by atoms with van der Waals surface area (Å²) in [6.45, 7) is 16.2. The van der Waals surface area contributed by atoms with Crippen molar-refractivity contribution >= 4 is 11.8 Å². The first-order valence-corrected chi connectivity index (χ1v) is 7.41. The molecule has 0 aliphatic heterocycles. The van der Waals surface area contributed by atoms with E-state index in [1.807, 2.05) is 6.92 Å². The smallest absolute Gasteiger partial charge is 0.306 e. The molecule has 0 aliphatic carbocycles. The van der Waals surface area contributed by atoms with Crippen LogP contribution in [0.1, 0.15) is 47.5 Å². The van der Waals surface area contributed by atoms with Gasteiger partial charge in [0.1, 0.15) is 11.9 Å². The van der Waals surface area contributed by atoms with Crippen LogP contribution in [-0.2, 0) is 14.3 Å². The van der Waals surface area contributed by atoms with E-state index in [1.54, 1.807) is 27.7 Å². The molecule has 0 aliphatic rings. The highest BCUT2D eigenvalue weighted by Gasteiger charge is 2.33. The number of aliphatic hydroxyl groups excluding tert-OH is 1. The van der Waals surface area contributed by atoms with Crippen molar-refractivity contribution in [1.29, 1.82) is 0 Å². The van der Waals surface area contributed by atoms with Crippen LogP contribution in [0.25, 0.3) is 0 Å². The second-order valence-electron chi connectivity index (χ2n) is 5.55. The van der Waals surface area contributed by atoms with Gasteiger partial charge in [-0.25, -0.2) is 0 Å². The summed E-state index contributed by atoms with van der Waals surface area (Å²) < 4.78 is 5.30. The lowest BCUT2D eigenvalue weighted by molar-refractivity contribution is -0.151. The number of ether oxygens (including phenoxy) is 1. The van der Waals surface area contributed by atoms with Crippen molar-refractivity contribution in [2.45, 2.75) is 59.7 Å². The average Bonchev–Trinajstić information content (AvgIpc) is 2.47. The van der Waals surface area contributed by atoms with Gasteiger partial charge in [-0.05, 0) is 24.5 Å². The highest BCUT2D eigenvalue weighted by atomic mass is 16.5. The first-order chi connectivity index (χ1) is 9.67. The molecular formula is C17H28O4. The van der Waals surface area contributed by atoms with E-state index in [0.717, 1.165) is 0 Å². The Labute approximate surface area is 127 Å². The Kier molecular flexibility index (Phi) is 8.18. The quantitative estimate of drug-likeness (QED) is 0.524. The topological polar surface area (TPSA) is 63.6 Å². The predicted octanol–water partition coefficient (Wildman–Crippen LogP) is 3.05. The Bertz CT molecular complexity index is 411. The summed E-state index contributed by atoms with van der Waals surface area (Å²) in [5.74, 6) is -1.66. The van der Waals surface area contributed by atoms with Crippen LogP contribution >= 0.6 is 0 Å². The summed E-state index contributed by atoms with van der Waals surface area (Å²) in [5.41, 5.74) is 1.24. The number of carbonyl (C=O) groups is 2. The van der Waals surface area contributed by atoms with Crippen molar-refractivity contribution in [3.8, 4) is 0 Å². The zero-order valence-electron chi connectivity index (χ0n) is 13.8. The fraction of sp³-hybridized carbons (Fsp3) is 0.647. The molecule has 4 atom stereocenters. The minimum atomic E-state index is -0.877. The maximum absolute atomic E-state index is 12.5. The van der Waals surface area contributed by atoms with E-state index in [0.29, 0.717) is 17.6 Å². The molecule has 0 aromatic carbocycles. The van der Waals surface area contributed by atoms with Crippen LogP contribution < -0.4 is 0 Å². The molecule has 0 radical (unpaired) electrons. The second-order valence-corrected chi connectivity index (χ2v) is 5.55. The second kappa shape index (κ2) is 8.78. The summed E-state index contributed by atoms with van der Waals surface area (Å²) in [5, 5.41) is 10.1. The Morgan fingerprint density at radius 1 is 1.10 bits per heavy atom. The average molecular weight is 296 g/mol. The number of aliphatic hydroxyl groups is 1. The number of hydrogen-bond donors (Lipinski definition) is 1. The van der Waals surface area contributed by atoms with E-state index in [9.17, 15) is 14.7 Å². The molecule has 0 rings (SSSR count). The molecule has 0 unspecified atom stereocenters. The number of Topliss-reactive ketones (excluding diaryl/α,β-unsaturated/α-hetero) is 1. The minimum absolute atomic E-state index is 0.158. The Morgan fingerprint density at radius 2 is 1.62 bits per heavy atom. The number of rotatable bonds is 9. The summed E-state index contributed by atoms with van der Waals surface area (Å²) >= 11 is 0. The molecule has 0 amide bonds. The monoisotopic (exact) mass is 296 g/mol. The predicted molar refractivity (Wildman–Crippen MR) is 83.8 cm³/mol. The first-order valence-electron chi connectivity index (χ1n) is 7.41. The van der Waals surface area contributed by atoms with Gasteiger partial charge in [-0.15, -0.1) is 0 Å². The van der Waals surface area contributed by atoms with Crippen LogP contribution in [0.3, 0.4) is 0 Å². The molecule has 4 nitrogen and oxygen atoms in total. The van der Waals surface area contributed by atoms with Crippen molar-refractivity contribution in [3.05, 3.63) is 24.3 Å². The minimum Gasteiger partial charge on any atom is -0.457 e.